The lowest BCUT2D eigenvalue weighted by Crippen LogP contribution is -2.50. The van der Waals surface area contributed by atoms with Gasteiger partial charge in [0.05, 0.1) is 7.11 Å². The Balaban J connectivity index is 1.40. The van der Waals surface area contributed by atoms with Gasteiger partial charge < -0.3 is 19.7 Å². The quantitative estimate of drug-likeness (QED) is 0.327. The van der Waals surface area contributed by atoms with Crippen LogP contribution in [-0.4, -0.2) is 29.9 Å². The van der Waals surface area contributed by atoms with Crippen molar-refractivity contribution in [1.29, 1.82) is 0 Å². The van der Waals surface area contributed by atoms with Crippen LogP contribution in [0.5, 0.6) is 17.2 Å². The van der Waals surface area contributed by atoms with Crippen LogP contribution in [0.15, 0.2) is 97.1 Å². The second-order valence-electron chi connectivity index (χ2n) is 8.72. The van der Waals surface area contributed by atoms with Gasteiger partial charge in [0.25, 0.3) is 5.91 Å². The molecule has 4 aromatic carbocycles. The minimum Gasteiger partial charge on any atom is -0.497 e. The van der Waals surface area contributed by atoms with Crippen molar-refractivity contribution in [3.05, 3.63) is 119 Å². The summed E-state index contributed by atoms with van der Waals surface area (Å²) >= 11 is 5.98. The van der Waals surface area contributed by atoms with E-state index >= 15 is 0 Å². The molecule has 4 aromatic rings. The van der Waals surface area contributed by atoms with Gasteiger partial charge >= 0.3 is 0 Å². The number of hydrogen-bond donors (Lipinski definition) is 1. The number of ether oxygens (including phenoxy) is 2. The van der Waals surface area contributed by atoms with Crippen LogP contribution < -0.4 is 14.8 Å². The minimum absolute atomic E-state index is 0.244. The van der Waals surface area contributed by atoms with Crippen LogP contribution in [-0.2, 0) is 17.8 Å². The summed E-state index contributed by atoms with van der Waals surface area (Å²) in [5.74, 6) is 1.37. The molecular weight excluding hydrogens is 488 g/mol. The highest BCUT2D eigenvalue weighted by atomic mass is 35.5. The lowest BCUT2D eigenvalue weighted by molar-refractivity contribution is -0.121. The van der Waals surface area contributed by atoms with Crippen LogP contribution in [0, 0.1) is 0 Å². The maximum Gasteiger partial charge on any atom is 0.254 e. The van der Waals surface area contributed by atoms with E-state index in [1.165, 1.54) is 0 Å². The molecule has 0 saturated heterocycles. The molecule has 0 aliphatic carbocycles. The summed E-state index contributed by atoms with van der Waals surface area (Å²) in [6, 6.07) is 28.3. The number of anilines is 1. The molecule has 0 unspecified atom stereocenters. The Hall–Kier alpha value is -4.29. The Morgan fingerprint density at radius 2 is 1.54 bits per heavy atom. The molecule has 0 saturated carbocycles. The molecular formula is C30H25ClN2O4. The van der Waals surface area contributed by atoms with E-state index in [0.29, 0.717) is 40.7 Å². The lowest BCUT2D eigenvalue weighted by atomic mass is 9.92. The van der Waals surface area contributed by atoms with Gasteiger partial charge in [-0.05, 0) is 77.9 Å². The van der Waals surface area contributed by atoms with E-state index in [1.54, 1.807) is 84.8 Å². The van der Waals surface area contributed by atoms with E-state index in [0.717, 1.165) is 16.9 Å². The number of nitrogens with zero attached hydrogens (tertiary/aromatic N) is 1. The number of methoxy groups -OCH3 is 1. The Labute approximate surface area is 220 Å². The Morgan fingerprint density at radius 3 is 2.27 bits per heavy atom. The Kier molecular flexibility index (Phi) is 7.10. The summed E-state index contributed by atoms with van der Waals surface area (Å²) < 4.78 is 11.1. The topological polar surface area (TPSA) is 67.9 Å². The third-order valence-electron chi connectivity index (χ3n) is 6.30. The van der Waals surface area contributed by atoms with Crippen LogP contribution in [0.1, 0.15) is 21.5 Å². The van der Waals surface area contributed by atoms with Crippen molar-refractivity contribution in [3.63, 3.8) is 0 Å². The van der Waals surface area contributed by atoms with Gasteiger partial charge in [-0.3, -0.25) is 9.59 Å². The van der Waals surface area contributed by atoms with Crippen molar-refractivity contribution < 1.29 is 19.1 Å². The number of carbonyl (C=O) groups is 2. The van der Waals surface area contributed by atoms with Crippen molar-refractivity contribution in [2.45, 2.75) is 19.0 Å². The number of hydrogen-bond acceptors (Lipinski definition) is 4. The lowest BCUT2D eigenvalue weighted by Gasteiger charge is -2.36. The van der Waals surface area contributed by atoms with Gasteiger partial charge in [-0.15, -0.1) is 0 Å². The van der Waals surface area contributed by atoms with Crippen molar-refractivity contribution in [3.8, 4) is 17.2 Å². The molecule has 0 spiro atoms. The minimum atomic E-state index is -0.677. The van der Waals surface area contributed by atoms with E-state index < -0.39 is 6.04 Å². The molecule has 0 radical (unpaired) electrons. The Bertz CT molecular complexity index is 1420. The maximum absolute atomic E-state index is 13.8. The monoisotopic (exact) mass is 512 g/mol. The second-order valence-corrected chi connectivity index (χ2v) is 9.16. The van der Waals surface area contributed by atoms with Gasteiger partial charge in [0.15, 0.2) is 0 Å². The van der Waals surface area contributed by atoms with Crippen LogP contribution in [0.3, 0.4) is 0 Å². The van der Waals surface area contributed by atoms with Gasteiger partial charge in [0.1, 0.15) is 23.3 Å². The molecule has 1 aliphatic heterocycles. The number of nitrogens with one attached hydrogen (secondary N) is 1. The van der Waals surface area contributed by atoms with Gasteiger partial charge in [0, 0.05) is 29.2 Å². The highest BCUT2D eigenvalue weighted by molar-refractivity contribution is 6.30. The Morgan fingerprint density at radius 1 is 0.838 bits per heavy atom. The van der Waals surface area contributed by atoms with E-state index in [9.17, 15) is 9.59 Å². The van der Waals surface area contributed by atoms with Crippen molar-refractivity contribution in [2.75, 3.05) is 12.4 Å². The highest BCUT2D eigenvalue weighted by Gasteiger charge is 2.35. The largest absolute Gasteiger partial charge is 0.497 e. The van der Waals surface area contributed by atoms with Gasteiger partial charge in [-0.25, -0.2) is 0 Å². The molecule has 37 heavy (non-hydrogen) atoms. The highest BCUT2D eigenvalue weighted by Crippen LogP contribution is 2.29. The zero-order valence-electron chi connectivity index (χ0n) is 20.2. The number of rotatable bonds is 6. The van der Waals surface area contributed by atoms with Gasteiger partial charge in [0.2, 0.25) is 5.91 Å². The molecule has 1 atom stereocenters. The first kappa shape index (κ1) is 24.4. The molecule has 0 bridgehead atoms. The van der Waals surface area contributed by atoms with Crippen LogP contribution in [0.4, 0.5) is 5.69 Å². The van der Waals surface area contributed by atoms with Crippen LogP contribution in [0.25, 0.3) is 0 Å². The van der Waals surface area contributed by atoms with Crippen LogP contribution in [0.2, 0.25) is 5.02 Å². The third-order valence-corrected chi connectivity index (χ3v) is 6.55. The number of benzene rings is 4. The number of halogens is 1. The zero-order valence-corrected chi connectivity index (χ0v) is 20.9. The summed E-state index contributed by atoms with van der Waals surface area (Å²) in [5.41, 5.74) is 3.14. The van der Waals surface area contributed by atoms with E-state index in [1.807, 2.05) is 24.3 Å². The van der Waals surface area contributed by atoms with Gasteiger partial charge in [-0.1, -0.05) is 41.9 Å². The molecule has 5 rings (SSSR count). The molecule has 1 N–H and O–H groups in total. The predicted molar refractivity (Wildman–Crippen MR) is 143 cm³/mol. The fourth-order valence-electron chi connectivity index (χ4n) is 4.37. The van der Waals surface area contributed by atoms with Crippen molar-refractivity contribution >= 4 is 29.1 Å². The average molecular weight is 513 g/mol. The summed E-state index contributed by atoms with van der Waals surface area (Å²) in [6.45, 7) is 0.331. The standard InChI is InChI=1S/C30H25ClN2O4/c1-36-25-13-15-26(16-14-25)37-27-8-4-7-21(17-27)30(35)33-19-22-6-3-2-5-20(22)18-28(33)29(34)32-24-11-9-23(31)10-12-24/h2-17,28H,18-19H2,1H3,(H,32,34)/t28-/m1/s1. The summed E-state index contributed by atoms with van der Waals surface area (Å²) in [4.78, 5) is 28.8. The number of carbonyl (C=O) groups excluding carboxylic acids is 2. The van der Waals surface area contributed by atoms with E-state index in [4.69, 9.17) is 21.1 Å². The normalized spacial score (nSPS) is 14.4. The summed E-state index contributed by atoms with van der Waals surface area (Å²) in [6.07, 6.45) is 0.420. The number of fused-ring (bicyclic) bond motifs is 1. The fourth-order valence-corrected chi connectivity index (χ4v) is 4.49. The molecule has 0 fully saturated rings. The SMILES string of the molecule is COc1ccc(Oc2cccc(C(=O)N3Cc4ccccc4C[C@@H]3C(=O)Nc3ccc(Cl)cc3)c2)cc1. The first-order valence-electron chi connectivity index (χ1n) is 11.9. The summed E-state index contributed by atoms with van der Waals surface area (Å²) in [5, 5.41) is 3.51. The molecule has 7 heteroatoms. The maximum atomic E-state index is 13.8. The molecule has 1 aliphatic rings. The smallest absolute Gasteiger partial charge is 0.254 e. The zero-order chi connectivity index (χ0) is 25.8. The van der Waals surface area contributed by atoms with Gasteiger partial charge in [-0.2, -0.15) is 0 Å². The van der Waals surface area contributed by atoms with Crippen molar-refractivity contribution in [2.24, 2.45) is 0 Å². The summed E-state index contributed by atoms with van der Waals surface area (Å²) in [7, 11) is 1.60. The number of amides is 2. The molecule has 2 amide bonds. The molecule has 186 valence electrons. The van der Waals surface area contributed by atoms with E-state index in [2.05, 4.69) is 5.32 Å². The predicted octanol–water partition coefficient (Wildman–Crippen LogP) is 6.35. The fraction of sp³-hybridized carbons (Fsp3) is 0.133. The molecule has 1 heterocycles. The third kappa shape index (κ3) is 5.60. The first-order valence-corrected chi connectivity index (χ1v) is 12.2. The average Bonchev–Trinajstić information content (AvgIpc) is 2.93. The first-order chi connectivity index (χ1) is 18.0. The van der Waals surface area contributed by atoms with Crippen LogP contribution >= 0.6 is 11.6 Å². The van der Waals surface area contributed by atoms with Crippen molar-refractivity contribution in [1.82, 2.24) is 4.90 Å². The molecule has 0 aromatic heterocycles. The second kappa shape index (κ2) is 10.8. The van der Waals surface area contributed by atoms with E-state index in [-0.39, 0.29) is 11.8 Å². The molecule has 6 nitrogen and oxygen atoms in total.